The van der Waals surface area contributed by atoms with Crippen LogP contribution in [-0.4, -0.2) is 45.6 Å². The van der Waals surface area contributed by atoms with Gasteiger partial charge in [-0.1, -0.05) is 0 Å². The molecule has 2 bridgehead atoms. The topological polar surface area (TPSA) is 77.8 Å². The van der Waals surface area contributed by atoms with E-state index in [4.69, 9.17) is 4.74 Å². The zero-order chi connectivity index (χ0) is 16.1. The van der Waals surface area contributed by atoms with Crippen molar-refractivity contribution in [3.8, 4) is 11.8 Å². The minimum atomic E-state index is 0.133. The van der Waals surface area contributed by atoms with Gasteiger partial charge >= 0.3 is 0 Å². The fourth-order valence-corrected chi connectivity index (χ4v) is 4.08. The number of nitriles is 1. The van der Waals surface area contributed by atoms with Crippen LogP contribution in [0.1, 0.15) is 18.5 Å². The predicted octanol–water partition coefficient (Wildman–Crippen LogP) is 2.46. The standard InChI is InChI=1S/C18H17N5O/c19-8-13-17(24-15-10-23-6-3-11(15)4-7-23)16-12-2-1-5-20-18(12)22-14(16)9-21-13/h1-2,5,9,11,15H,3-4,6-7,10H2,(H,20,22). The Balaban J connectivity index is 1.67. The highest BCUT2D eigenvalue weighted by atomic mass is 16.5. The van der Waals surface area contributed by atoms with Gasteiger partial charge in [0.2, 0.25) is 0 Å². The molecule has 0 aromatic carbocycles. The summed E-state index contributed by atoms with van der Waals surface area (Å²) in [5.74, 6) is 1.17. The molecule has 6 heterocycles. The Morgan fingerprint density at radius 1 is 1.29 bits per heavy atom. The molecule has 0 radical (unpaired) electrons. The van der Waals surface area contributed by atoms with E-state index >= 15 is 0 Å². The minimum Gasteiger partial charge on any atom is -0.485 e. The van der Waals surface area contributed by atoms with Gasteiger partial charge in [0.15, 0.2) is 11.4 Å². The number of pyridine rings is 2. The number of ether oxygens (including phenoxy) is 1. The third kappa shape index (κ3) is 1.98. The zero-order valence-corrected chi connectivity index (χ0v) is 13.2. The van der Waals surface area contributed by atoms with Crippen molar-refractivity contribution in [1.82, 2.24) is 19.9 Å². The van der Waals surface area contributed by atoms with Crippen LogP contribution in [0.5, 0.6) is 5.75 Å². The lowest BCUT2D eigenvalue weighted by molar-refractivity contribution is -0.00727. The number of hydrogen-bond donors (Lipinski definition) is 1. The van der Waals surface area contributed by atoms with Crippen LogP contribution in [0, 0.1) is 17.2 Å². The predicted molar refractivity (Wildman–Crippen MR) is 89.7 cm³/mol. The molecule has 24 heavy (non-hydrogen) atoms. The molecule has 0 saturated carbocycles. The Morgan fingerprint density at radius 3 is 2.92 bits per heavy atom. The van der Waals surface area contributed by atoms with Crippen LogP contribution >= 0.6 is 0 Å². The third-order valence-corrected chi connectivity index (χ3v) is 5.34. The molecule has 0 spiro atoms. The fourth-order valence-electron chi connectivity index (χ4n) is 4.08. The monoisotopic (exact) mass is 319 g/mol. The summed E-state index contributed by atoms with van der Waals surface area (Å²) >= 11 is 0. The zero-order valence-electron chi connectivity index (χ0n) is 13.2. The Kier molecular flexibility index (Phi) is 2.97. The van der Waals surface area contributed by atoms with E-state index in [1.807, 2.05) is 12.1 Å². The van der Waals surface area contributed by atoms with Crippen molar-refractivity contribution >= 4 is 21.9 Å². The lowest BCUT2D eigenvalue weighted by atomic mass is 9.86. The highest BCUT2D eigenvalue weighted by Crippen LogP contribution is 2.37. The molecule has 6 nitrogen and oxygen atoms in total. The van der Waals surface area contributed by atoms with E-state index in [-0.39, 0.29) is 6.10 Å². The molecule has 3 fully saturated rings. The second-order valence-corrected chi connectivity index (χ2v) is 6.66. The number of fused-ring (bicyclic) bond motifs is 6. The molecule has 1 unspecified atom stereocenters. The van der Waals surface area contributed by atoms with Crippen LogP contribution in [0.4, 0.5) is 0 Å². The second-order valence-electron chi connectivity index (χ2n) is 6.66. The van der Waals surface area contributed by atoms with Crippen molar-refractivity contribution in [2.24, 2.45) is 5.92 Å². The van der Waals surface area contributed by atoms with Crippen LogP contribution in [-0.2, 0) is 0 Å². The highest BCUT2D eigenvalue weighted by Gasteiger charge is 2.36. The smallest absolute Gasteiger partial charge is 0.183 e. The molecule has 6 heteroatoms. The lowest BCUT2D eigenvalue weighted by Crippen LogP contribution is -2.52. The fraction of sp³-hybridized carbons (Fsp3) is 0.389. The normalized spacial score (nSPS) is 25.9. The summed E-state index contributed by atoms with van der Waals surface area (Å²) in [6, 6.07) is 6.10. The lowest BCUT2D eigenvalue weighted by Gasteiger charge is -2.44. The van der Waals surface area contributed by atoms with Crippen molar-refractivity contribution in [2.75, 3.05) is 19.6 Å². The van der Waals surface area contributed by atoms with Gasteiger partial charge in [0.05, 0.1) is 17.1 Å². The van der Waals surface area contributed by atoms with E-state index in [1.165, 1.54) is 12.8 Å². The number of aromatic nitrogens is 3. The summed E-state index contributed by atoms with van der Waals surface area (Å²) in [4.78, 5) is 14.4. The van der Waals surface area contributed by atoms with E-state index in [0.29, 0.717) is 17.4 Å². The van der Waals surface area contributed by atoms with E-state index in [0.717, 1.165) is 41.6 Å². The van der Waals surface area contributed by atoms with E-state index in [1.54, 1.807) is 12.4 Å². The van der Waals surface area contributed by atoms with Gasteiger partial charge in [-0.25, -0.2) is 9.97 Å². The second kappa shape index (κ2) is 5.18. The number of piperidine rings is 3. The number of rotatable bonds is 2. The van der Waals surface area contributed by atoms with Crippen LogP contribution in [0.3, 0.4) is 0 Å². The molecular formula is C18H17N5O. The molecule has 1 N–H and O–H groups in total. The summed E-state index contributed by atoms with van der Waals surface area (Å²) in [7, 11) is 0. The van der Waals surface area contributed by atoms with Crippen molar-refractivity contribution in [1.29, 1.82) is 5.26 Å². The maximum absolute atomic E-state index is 9.52. The SMILES string of the molecule is N#Cc1ncc2[nH]c3ncccc3c2c1OC1CN2CCC1CC2. The molecule has 3 aliphatic rings. The van der Waals surface area contributed by atoms with Crippen molar-refractivity contribution < 1.29 is 4.74 Å². The summed E-state index contributed by atoms with van der Waals surface area (Å²) in [5, 5.41) is 11.4. The van der Waals surface area contributed by atoms with Gasteiger partial charge in [-0.05, 0) is 44.0 Å². The highest BCUT2D eigenvalue weighted by molar-refractivity contribution is 6.09. The van der Waals surface area contributed by atoms with Crippen LogP contribution in [0.2, 0.25) is 0 Å². The van der Waals surface area contributed by atoms with E-state index < -0.39 is 0 Å². The van der Waals surface area contributed by atoms with Gasteiger partial charge in [-0.2, -0.15) is 5.26 Å². The maximum atomic E-state index is 9.52. The Labute approximate surface area is 139 Å². The van der Waals surface area contributed by atoms with Gasteiger partial charge in [0, 0.05) is 18.1 Å². The molecular weight excluding hydrogens is 302 g/mol. The molecule has 3 saturated heterocycles. The van der Waals surface area contributed by atoms with Crippen LogP contribution < -0.4 is 4.74 Å². The first kappa shape index (κ1) is 13.8. The Morgan fingerprint density at radius 2 is 2.17 bits per heavy atom. The van der Waals surface area contributed by atoms with Crippen molar-refractivity contribution in [2.45, 2.75) is 18.9 Å². The number of nitrogens with one attached hydrogen (secondary N) is 1. The molecule has 1 atom stereocenters. The van der Waals surface area contributed by atoms with Gasteiger partial charge in [0.25, 0.3) is 0 Å². The molecule has 3 aliphatic heterocycles. The molecule has 3 aromatic rings. The van der Waals surface area contributed by atoms with Crippen molar-refractivity contribution in [3.05, 3.63) is 30.2 Å². The molecule has 120 valence electrons. The van der Waals surface area contributed by atoms with Gasteiger partial charge in [-0.15, -0.1) is 0 Å². The molecule has 3 aromatic heterocycles. The first-order valence-corrected chi connectivity index (χ1v) is 8.38. The van der Waals surface area contributed by atoms with Gasteiger partial charge < -0.3 is 9.72 Å². The quantitative estimate of drug-likeness (QED) is 0.785. The number of aromatic amines is 1. The largest absolute Gasteiger partial charge is 0.485 e. The first-order valence-electron chi connectivity index (χ1n) is 8.38. The molecule has 0 aliphatic carbocycles. The summed E-state index contributed by atoms with van der Waals surface area (Å²) in [6.07, 6.45) is 5.92. The van der Waals surface area contributed by atoms with E-state index in [2.05, 4.69) is 25.9 Å². The molecule has 0 amide bonds. The first-order chi connectivity index (χ1) is 11.8. The van der Waals surface area contributed by atoms with Gasteiger partial charge in [0.1, 0.15) is 17.8 Å². The summed E-state index contributed by atoms with van der Waals surface area (Å²) in [5.41, 5.74) is 2.01. The number of nitrogens with zero attached hydrogens (tertiary/aromatic N) is 4. The van der Waals surface area contributed by atoms with Crippen LogP contribution in [0.15, 0.2) is 24.5 Å². The third-order valence-electron chi connectivity index (χ3n) is 5.34. The van der Waals surface area contributed by atoms with Crippen molar-refractivity contribution in [3.63, 3.8) is 0 Å². The number of hydrogen-bond acceptors (Lipinski definition) is 5. The average Bonchev–Trinajstić information content (AvgIpc) is 3.02. The molecule has 6 rings (SSSR count). The van der Waals surface area contributed by atoms with E-state index in [9.17, 15) is 5.26 Å². The number of H-pyrrole nitrogens is 1. The average molecular weight is 319 g/mol. The Bertz CT molecular complexity index is 965. The Hall–Kier alpha value is -2.65. The maximum Gasteiger partial charge on any atom is 0.183 e. The summed E-state index contributed by atoms with van der Waals surface area (Å²) in [6.45, 7) is 3.26. The van der Waals surface area contributed by atoms with Crippen LogP contribution in [0.25, 0.3) is 21.9 Å². The minimum absolute atomic E-state index is 0.133. The van der Waals surface area contributed by atoms with Gasteiger partial charge in [-0.3, -0.25) is 4.90 Å². The summed E-state index contributed by atoms with van der Waals surface area (Å²) < 4.78 is 6.42.